The Morgan fingerprint density at radius 1 is 1.09 bits per heavy atom. The molecule has 170 valence electrons. The summed E-state index contributed by atoms with van der Waals surface area (Å²) in [6, 6.07) is 14.7. The molecule has 0 saturated carbocycles. The van der Waals surface area contributed by atoms with E-state index in [0.29, 0.717) is 57.9 Å². The highest BCUT2D eigenvalue weighted by Crippen LogP contribution is 2.39. The van der Waals surface area contributed by atoms with E-state index >= 15 is 0 Å². The molecule has 0 aliphatic carbocycles. The summed E-state index contributed by atoms with van der Waals surface area (Å²) in [4.78, 5) is 30.9. The molecule has 33 heavy (non-hydrogen) atoms. The zero-order valence-corrected chi connectivity index (χ0v) is 18.2. The van der Waals surface area contributed by atoms with Crippen molar-refractivity contribution in [3.05, 3.63) is 63.7 Å². The maximum Gasteiger partial charge on any atom is 0.269 e. The van der Waals surface area contributed by atoms with Crippen molar-refractivity contribution in [2.24, 2.45) is 5.92 Å². The van der Waals surface area contributed by atoms with Crippen molar-refractivity contribution in [2.45, 2.75) is 12.5 Å². The number of non-ortho nitro benzene ring substituents is 1. The third-order valence-electron chi connectivity index (χ3n) is 6.91. The van der Waals surface area contributed by atoms with Gasteiger partial charge in [-0.3, -0.25) is 14.9 Å². The number of nitro benzene ring substituents is 1. The number of amides is 1. The van der Waals surface area contributed by atoms with Gasteiger partial charge in [0.1, 0.15) is 6.07 Å². The van der Waals surface area contributed by atoms with E-state index in [9.17, 15) is 20.2 Å². The predicted molar refractivity (Wildman–Crippen MR) is 122 cm³/mol. The Bertz CT molecular complexity index is 1120. The lowest BCUT2D eigenvalue weighted by molar-refractivity contribution is -0.384. The van der Waals surface area contributed by atoms with Gasteiger partial charge in [-0.1, -0.05) is 12.1 Å². The van der Waals surface area contributed by atoms with Crippen molar-refractivity contribution >= 4 is 23.0 Å². The molecule has 1 amide bonds. The zero-order valence-electron chi connectivity index (χ0n) is 18.2. The third kappa shape index (κ3) is 3.87. The van der Waals surface area contributed by atoms with E-state index < -0.39 is 0 Å². The van der Waals surface area contributed by atoms with E-state index in [0.717, 1.165) is 16.9 Å². The van der Waals surface area contributed by atoms with Crippen molar-refractivity contribution < 1.29 is 14.5 Å². The number of hydrogen-bond donors (Lipinski definition) is 0. The lowest BCUT2D eigenvalue weighted by Crippen LogP contribution is -2.62. The number of nitro groups is 1. The van der Waals surface area contributed by atoms with E-state index in [1.807, 2.05) is 35.2 Å². The first-order chi connectivity index (χ1) is 16.1. The molecule has 5 rings (SSSR count). The van der Waals surface area contributed by atoms with Gasteiger partial charge in [0.05, 0.1) is 41.3 Å². The Hall–Kier alpha value is -3.64. The predicted octanol–water partition coefficient (Wildman–Crippen LogP) is 2.19. The van der Waals surface area contributed by atoms with Crippen LogP contribution in [-0.4, -0.2) is 67.7 Å². The minimum absolute atomic E-state index is 0.0476. The Morgan fingerprint density at radius 3 is 2.64 bits per heavy atom. The summed E-state index contributed by atoms with van der Waals surface area (Å²) >= 11 is 0. The SMILES string of the molecule is N#Cc1ccccc1N1CCN2c3ccc([N+](=O)[O-])cc3CC(C(=O)N3CCOCC3)C2C1. The Balaban J connectivity index is 1.51. The number of carbonyl (C=O) groups is 1. The molecule has 9 nitrogen and oxygen atoms in total. The number of carbonyl (C=O) groups excluding carboxylic acids is 1. The molecule has 0 N–H and O–H groups in total. The minimum atomic E-state index is -0.387. The van der Waals surface area contributed by atoms with Gasteiger partial charge >= 0.3 is 0 Å². The summed E-state index contributed by atoms with van der Waals surface area (Å²) < 4.78 is 5.42. The van der Waals surface area contributed by atoms with Crippen LogP contribution in [0.25, 0.3) is 0 Å². The fraction of sp³-hybridized carbons (Fsp3) is 0.417. The van der Waals surface area contributed by atoms with Gasteiger partial charge in [0.25, 0.3) is 5.69 Å². The fourth-order valence-electron chi connectivity index (χ4n) is 5.29. The van der Waals surface area contributed by atoms with E-state index in [1.54, 1.807) is 6.07 Å². The van der Waals surface area contributed by atoms with Crippen LogP contribution >= 0.6 is 0 Å². The first-order valence-corrected chi connectivity index (χ1v) is 11.2. The molecule has 3 aliphatic rings. The number of nitriles is 1. The van der Waals surface area contributed by atoms with Crippen LogP contribution in [0.1, 0.15) is 11.1 Å². The number of fused-ring (bicyclic) bond motifs is 3. The summed E-state index contributed by atoms with van der Waals surface area (Å²) in [5, 5.41) is 20.9. The van der Waals surface area contributed by atoms with E-state index in [-0.39, 0.29) is 28.5 Å². The van der Waals surface area contributed by atoms with Gasteiger partial charge in [-0.25, -0.2) is 0 Å². The second-order valence-electron chi connectivity index (χ2n) is 8.65. The summed E-state index contributed by atoms with van der Waals surface area (Å²) in [5.41, 5.74) is 3.36. The maximum absolute atomic E-state index is 13.6. The second kappa shape index (κ2) is 8.71. The first kappa shape index (κ1) is 21.2. The number of benzene rings is 2. The molecule has 2 unspecified atom stereocenters. The Kier molecular flexibility index (Phi) is 5.60. The Morgan fingerprint density at radius 2 is 1.88 bits per heavy atom. The quantitative estimate of drug-likeness (QED) is 0.525. The molecule has 2 aromatic carbocycles. The highest BCUT2D eigenvalue weighted by atomic mass is 16.6. The smallest absolute Gasteiger partial charge is 0.269 e. The fourth-order valence-corrected chi connectivity index (χ4v) is 5.29. The van der Waals surface area contributed by atoms with Crippen LogP contribution in [0.3, 0.4) is 0 Å². The molecule has 0 bridgehead atoms. The van der Waals surface area contributed by atoms with Gasteiger partial charge in [0.2, 0.25) is 5.91 Å². The number of ether oxygens (including phenoxy) is 1. The van der Waals surface area contributed by atoms with Crippen molar-refractivity contribution in [3.8, 4) is 6.07 Å². The van der Waals surface area contributed by atoms with Gasteiger partial charge in [-0.2, -0.15) is 5.26 Å². The molecule has 0 spiro atoms. The topological polar surface area (TPSA) is 103 Å². The van der Waals surface area contributed by atoms with Crippen molar-refractivity contribution in [3.63, 3.8) is 0 Å². The molecule has 9 heteroatoms. The number of rotatable bonds is 3. The van der Waals surface area contributed by atoms with Crippen molar-refractivity contribution in [2.75, 3.05) is 55.7 Å². The molecule has 0 radical (unpaired) electrons. The van der Waals surface area contributed by atoms with Gasteiger partial charge < -0.3 is 19.4 Å². The van der Waals surface area contributed by atoms with Gasteiger partial charge in [0, 0.05) is 50.5 Å². The van der Waals surface area contributed by atoms with Crippen molar-refractivity contribution in [1.82, 2.24) is 4.90 Å². The molecule has 3 heterocycles. The van der Waals surface area contributed by atoms with E-state index in [4.69, 9.17) is 4.74 Å². The number of nitrogens with zero attached hydrogens (tertiary/aromatic N) is 5. The number of anilines is 2. The first-order valence-electron chi connectivity index (χ1n) is 11.2. The lowest BCUT2D eigenvalue weighted by Gasteiger charge is -2.50. The monoisotopic (exact) mass is 447 g/mol. The second-order valence-corrected chi connectivity index (χ2v) is 8.65. The van der Waals surface area contributed by atoms with Crippen LogP contribution in [0.4, 0.5) is 17.1 Å². The minimum Gasteiger partial charge on any atom is -0.378 e. The third-order valence-corrected chi connectivity index (χ3v) is 6.91. The molecule has 2 fully saturated rings. The largest absolute Gasteiger partial charge is 0.378 e. The highest BCUT2D eigenvalue weighted by molar-refractivity contribution is 5.83. The molecule has 0 aromatic heterocycles. The highest BCUT2D eigenvalue weighted by Gasteiger charge is 2.43. The number of morpholine rings is 1. The summed E-state index contributed by atoms with van der Waals surface area (Å²) in [5.74, 6) is -0.254. The van der Waals surface area contributed by atoms with E-state index in [1.165, 1.54) is 6.07 Å². The summed E-state index contributed by atoms with van der Waals surface area (Å²) in [7, 11) is 0. The molecule has 3 aliphatic heterocycles. The van der Waals surface area contributed by atoms with Crippen molar-refractivity contribution in [1.29, 1.82) is 5.26 Å². The molecular weight excluding hydrogens is 422 g/mol. The number of hydrogen-bond acceptors (Lipinski definition) is 7. The summed E-state index contributed by atoms with van der Waals surface area (Å²) in [6.07, 6.45) is 0.460. The molecule has 2 aromatic rings. The van der Waals surface area contributed by atoms with Crippen LogP contribution in [0.5, 0.6) is 0 Å². The average molecular weight is 447 g/mol. The van der Waals surface area contributed by atoms with Crippen LogP contribution < -0.4 is 9.80 Å². The van der Waals surface area contributed by atoms with Gasteiger partial charge in [-0.05, 0) is 30.2 Å². The zero-order chi connectivity index (χ0) is 22.9. The van der Waals surface area contributed by atoms with Gasteiger partial charge in [-0.15, -0.1) is 0 Å². The Labute approximate surface area is 191 Å². The number of para-hydroxylation sites is 1. The lowest BCUT2D eigenvalue weighted by atomic mass is 9.82. The molecular formula is C24H25N5O4. The normalized spacial score (nSPS) is 22.2. The van der Waals surface area contributed by atoms with Crippen LogP contribution in [0.2, 0.25) is 0 Å². The number of piperazine rings is 1. The molecule has 2 atom stereocenters. The van der Waals surface area contributed by atoms with E-state index in [2.05, 4.69) is 15.9 Å². The average Bonchev–Trinajstić information content (AvgIpc) is 2.87. The van der Waals surface area contributed by atoms with Crippen LogP contribution in [0, 0.1) is 27.4 Å². The summed E-state index contributed by atoms with van der Waals surface area (Å²) in [6.45, 7) is 4.14. The maximum atomic E-state index is 13.6. The van der Waals surface area contributed by atoms with Gasteiger partial charge in [0.15, 0.2) is 0 Å². The molecule has 2 saturated heterocycles. The standard InChI is InChI=1S/C24H25N5O4/c25-15-17-3-1-2-4-21(17)27-7-8-28-22-6-5-19(29(31)32)13-18(22)14-20(23(28)16-27)24(30)26-9-11-33-12-10-26/h1-6,13,20,23H,7-12,14,16H2. The van der Waals surface area contributed by atoms with Crippen LogP contribution in [0.15, 0.2) is 42.5 Å². The van der Waals surface area contributed by atoms with Crippen LogP contribution in [-0.2, 0) is 16.0 Å².